The fraction of sp³-hybridized carbons (Fsp3) is 0.467. The molecule has 1 aromatic carbocycles. The van der Waals surface area contributed by atoms with Gasteiger partial charge in [0, 0.05) is 24.4 Å². The van der Waals surface area contributed by atoms with Gasteiger partial charge in [-0.2, -0.15) is 0 Å². The fourth-order valence-electron chi connectivity index (χ4n) is 3.01. The van der Waals surface area contributed by atoms with Crippen LogP contribution in [0.5, 0.6) is 0 Å². The maximum Gasteiger partial charge on any atom is 0.159 e. The highest BCUT2D eigenvalue weighted by atomic mass is 35.5. The molecular formula is C15H18ClN3. The lowest BCUT2D eigenvalue weighted by atomic mass is 10.1. The van der Waals surface area contributed by atoms with Gasteiger partial charge in [0.1, 0.15) is 0 Å². The maximum atomic E-state index is 6.11. The highest BCUT2D eigenvalue weighted by molar-refractivity contribution is 6.34. The third kappa shape index (κ3) is 2.52. The van der Waals surface area contributed by atoms with Crippen LogP contribution in [0.15, 0.2) is 24.3 Å². The van der Waals surface area contributed by atoms with Crippen molar-refractivity contribution in [2.75, 3.05) is 18.5 Å². The van der Waals surface area contributed by atoms with Gasteiger partial charge >= 0.3 is 0 Å². The van der Waals surface area contributed by atoms with E-state index >= 15 is 0 Å². The first-order chi connectivity index (χ1) is 9.25. The quantitative estimate of drug-likeness (QED) is 0.850. The molecule has 0 amide bonds. The second-order valence-electron chi connectivity index (χ2n) is 5.39. The van der Waals surface area contributed by atoms with Crippen molar-refractivity contribution in [2.24, 2.45) is 5.92 Å². The van der Waals surface area contributed by atoms with Crippen LogP contribution in [-0.4, -0.2) is 23.8 Å². The molecule has 0 spiro atoms. The van der Waals surface area contributed by atoms with Crippen LogP contribution >= 0.6 is 11.6 Å². The molecule has 0 N–H and O–H groups in total. The Kier molecular flexibility index (Phi) is 3.56. The van der Waals surface area contributed by atoms with Crippen molar-refractivity contribution in [2.45, 2.75) is 25.7 Å². The molecule has 1 aliphatic carbocycles. The molecule has 1 fully saturated rings. The minimum atomic E-state index is 0.480. The lowest BCUT2D eigenvalue weighted by molar-refractivity contribution is 0.545. The van der Waals surface area contributed by atoms with Crippen LogP contribution in [-0.2, 0) is 0 Å². The average Bonchev–Trinajstić information content (AvgIpc) is 2.92. The lowest BCUT2D eigenvalue weighted by Gasteiger charge is -2.22. The number of rotatable bonds is 3. The van der Waals surface area contributed by atoms with Crippen molar-refractivity contribution in [3.63, 3.8) is 0 Å². The summed E-state index contributed by atoms with van der Waals surface area (Å²) in [6.45, 7) is 1.06. The third-order valence-corrected chi connectivity index (χ3v) is 4.27. The van der Waals surface area contributed by atoms with E-state index in [0.717, 1.165) is 29.1 Å². The molecule has 1 aliphatic rings. The summed E-state index contributed by atoms with van der Waals surface area (Å²) in [6, 6.07) is 8.07. The monoisotopic (exact) mass is 275 g/mol. The first kappa shape index (κ1) is 12.7. The fourth-order valence-corrected chi connectivity index (χ4v) is 3.21. The summed E-state index contributed by atoms with van der Waals surface area (Å²) in [7, 11) is 2.10. The van der Waals surface area contributed by atoms with E-state index in [1.165, 1.54) is 25.7 Å². The van der Waals surface area contributed by atoms with Crippen LogP contribution < -0.4 is 4.90 Å². The molecule has 1 heterocycles. The molecule has 0 unspecified atom stereocenters. The second-order valence-corrected chi connectivity index (χ2v) is 5.75. The van der Waals surface area contributed by atoms with Crippen molar-refractivity contribution in [1.29, 1.82) is 0 Å². The summed E-state index contributed by atoms with van der Waals surface area (Å²) in [5.41, 5.74) is 0. The Morgan fingerprint density at radius 3 is 2.58 bits per heavy atom. The summed E-state index contributed by atoms with van der Waals surface area (Å²) in [4.78, 5) is 2.22. The van der Waals surface area contributed by atoms with Crippen molar-refractivity contribution in [3.05, 3.63) is 29.4 Å². The number of nitrogens with zero attached hydrogens (tertiary/aromatic N) is 3. The van der Waals surface area contributed by atoms with Gasteiger partial charge in [0.15, 0.2) is 11.0 Å². The van der Waals surface area contributed by atoms with E-state index in [1.54, 1.807) is 0 Å². The standard InChI is InChI=1S/C15H18ClN3/c1-19(10-11-6-2-3-7-11)15-13-9-5-4-8-12(13)14(16)17-18-15/h4-5,8-9,11H,2-3,6-7,10H2,1H3. The predicted molar refractivity (Wildman–Crippen MR) is 79.8 cm³/mol. The number of aromatic nitrogens is 2. The van der Waals surface area contributed by atoms with Gasteiger partial charge in [0.2, 0.25) is 0 Å². The van der Waals surface area contributed by atoms with E-state index in [0.29, 0.717) is 5.15 Å². The van der Waals surface area contributed by atoms with Gasteiger partial charge < -0.3 is 4.90 Å². The Bertz CT molecular complexity index is 579. The van der Waals surface area contributed by atoms with Gasteiger partial charge in [-0.3, -0.25) is 0 Å². The Hall–Kier alpha value is -1.35. The van der Waals surface area contributed by atoms with Crippen LogP contribution in [0.1, 0.15) is 25.7 Å². The zero-order valence-electron chi connectivity index (χ0n) is 11.1. The second kappa shape index (κ2) is 5.33. The molecule has 1 saturated carbocycles. The topological polar surface area (TPSA) is 29.0 Å². The number of halogens is 1. The molecule has 0 radical (unpaired) electrons. The minimum Gasteiger partial charge on any atom is -0.357 e. The van der Waals surface area contributed by atoms with E-state index in [1.807, 2.05) is 18.2 Å². The van der Waals surface area contributed by atoms with Crippen LogP contribution in [0.2, 0.25) is 5.15 Å². The molecule has 100 valence electrons. The normalized spacial score (nSPS) is 16.1. The predicted octanol–water partition coefficient (Wildman–Crippen LogP) is 3.91. The Morgan fingerprint density at radius 2 is 1.84 bits per heavy atom. The summed E-state index contributed by atoms with van der Waals surface area (Å²) >= 11 is 6.11. The van der Waals surface area contributed by atoms with Crippen LogP contribution in [0, 0.1) is 5.92 Å². The molecule has 2 aromatic rings. The molecular weight excluding hydrogens is 258 g/mol. The SMILES string of the molecule is CN(CC1CCCC1)c1nnc(Cl)c2ccccc12. The zero-order chi connectivity index (χ0) is 13.2. The zero-order valence-corrected chi connectivity index (χ0v) is 11.9. The number of benzene rings is 1. The van der Waals surface area contributed by atoms with Crippen molar-refractivity contribution in [3.8, 4) is 0 Å². The van der Waals surface area contributed by atoms with Crippen molar-refractivity contribution < 1.29 is 0 Å². The van der Waals surface area contributed by atoms with Crippen LogP contribution in [0.25, 0.3) is 10.8 Å². The summed E-state index contributed by atoms with van der Waals surface area (Å²) in [5.74, 6) is 1.73. The first-order valence-electron chi connectivity index (χ1n) is 6.88. The van der Waals surface area contributed by atoms with Gasteiger partial charge in [0.25, 0.3) is 0 Å². The van der Waals surface area contributed by atoms with E-state index in [2.05, 4.69) is 28.2 Å². The largest absolute Gasteiger partial charge is 0.357 e. The van der Waals surface area contributed by atoms with E-state index in [4.69, 9.17) is 11.6 Å². The molecule has 0 aliphatic heterocycles. The maximum absolute atomic E-state index is 6.11. The van der Waals surface area contributed by atoms with Gasteiger partial charge in [0.05, 0.1) is 0 Å². The van der Waals surface area contributed by atoms with Crippen LogP contribution in [0.3, 0.4) is 0 Å². The smallest absolute Gasteiger partial charge is 0.159 e. The Labute approximate surface area is 118 Å². The number of hydrogen-bond acceptors (Lipinski definition) is 3. The van der Waals surface area contributed by atoms with E-state index in [9.17, 15) is 0 Å². The van der Waals surface area contributed by atoms with E-state index < -0.39 is 0 Å². The van der Waals surface area contributed by atoms with Gasteiger partial charge in [-0.15, -0.1) is 10.2 Å². The highest BCUT2D eigenvalue weighted by Crippen LogP contribution is 2.30. The number of hydrogen-bond donors (Lipinski definition) is 0. The van der Waals surface area contributed by atoms with Gasteiger partial charge in [-0.25, -0.2) is 0 Å². The molecule has 3 rings (SSSR count). The summed E-state index contributed by atoms with van der Waals surface area (Å²) in [5, 5.41) is 10.9. The van der Waals surface area contributed by atoms with Crippen molar-refractivity contribution >= 4 is 28.2 Å². The molecule has 0 saturated heterocycles. The lowest BCUT2D eigenvalue weighted by Crippen LogP contribution is -2.25. The van der Waals surface area contributed by atoms with Crippen LogP contribution in [0.4, 0.5) is 5.82 Å². The minimum absolute atomic E-state index is 0.480. The third-order valence-electron chi connectivity index (χ3n) is 3.99. The molecule has 0 bridgehead atoms. The Balaban J connectivity index is 1.93. The van der Waals surface area contributed by atoms with E-state index in [-0.39, 0.29) is 0 Å². The average molecular weight is 276 g/mol. The number of fused-ring (bicyclic) bond motifs is 1. The molecule has 4 heteroatoms. The first-order valence-corrected chi connectivity index (χ1v) is 7.25. The Morgan fingerprint density at radius 1 is 1.16 bits per heavy atom. The molecule has 0 atom stereocenters. The summed E-state index contributed by atoms with van der Waals surface area (Å²) in [6.07, 6.45) is 5.41. The summed E-state index contributed by atoms with van der Waals surface area (Å²) < 4.78 is 0. The molecule has 19 heavy (non-hydrogen) atoms. The van der Waals surface area contributed by atoms with Gasteiger partial charge in [-0.05, 0) is 18.8 Å². The number of anilines is 1. The van der Waals surface area contributed by atoms with Gasteiger partial charge in [-0.1, -0.05) is 48.7 Å². The van der Waals surface area contributed by atoms with Crippen molar-refractivity contribution in [1.82, 2.24) is 10.2 Å². The molecule has 1 aromatic heterocycles. The molecule has 3 nitrogen and oxygen atoms in total. The highest BCUT2D eigenvalue weighted by Gasteiger charge is 2.19.